The van der Waals surface area contributed by atoms with Crippen molar-refractivity contribution in [2.24, 2.45) is 0 Å². The van der Waals surface area contributed by atoms with E-state index in [2.05, 4.69) is 50.4 Å². The standard InChI is InChI=1S/C18H30N2O2/c1-14(21)11-13-20(5)17(22)19-12-10-15-6-8-16(9-7-15)18(2,3)4/h6-9,14,21H,10-13H2,1-5H3,(H,19,22). The molecule has 0 radical (unpaired) electrons. The van der Waals surface area contributed by atoms with Gasteiger partial charge in [0.15, 0.2) is 0 Å². The minimum absolute atomic E-state index is 0.0908. The largest absolute Gasteiger partial charge is 0.393 e. The molecule has 0 aliphatic rings. The van der Waals surface area contributed by atoms with E-state index in [4.69, 9.17) is 0 Å². The van der Waals surface area contributed by atoms with Gasteiger partial charge in [-0.1, -0.05) is 45.0 Å². The normalized spacial score (nSPS) is 12.8. The van der Waals surface area contributed by atoms with E-state index in [0.29, 0.717) is 19.5 Å². The van der Waals surface area contributed by atoms with Gasteiger partial charge in [-0.25, -0.2) is 4.79 Å². The van der Waals surface area contributed by atoms with Crippen LogP contribution in [0.5, 0.6) is 0 Å². The van der Waals surface area contributed by atoms with Gasteiger partial charge in [-0.2, -0.15) is 0 Å². The van der Waals surface area contributed by atoms with Crippen LogP contribution in [0.25, 0.3) is 0 Å². The number of benzene rings is 1. The van der Waals surface area contributed by atoms with Crippen LogP contribution in [0.15, 0.2) is 24.3 Å². The third-order valence-electron chi connectivity index (χ3n) is 3.74. The predicted molar refractivity (Wildman–Crippen MR) is 91.2 cm³/mol. The molecule has 1 unspecified atom stereocenters. The number of carbonyl (C=O) groups excluding carboxylic acids is 1. The summed E-state index contributed by atoms with van der Waals surface area (Å²) in [5.41, 5.74) is 2.71. The molecule has 124 valence electrons. The summed E-state index contributed by atoms with van der Waals surface area (Å²) in [4.78, 5) is 13.5. The molecule has 0 aromatic heterocycles. The number of urea groups is 1. The average Bonchev–Trinajstić information content (AvgIpc) is 2.44. The minimum Gasteiger partial charge on any atom is -0.393 e. The Morgan fingerprint density at radius 1 is 1.27 bits per heavy atom. The zero-order valence-electron chi connectivity index (χ0n) is 14.5. The average molecular weight is 306 g/mol. The Kier molecular flexibility index (Phi) is 6.88. The highest BCUT2D eigenvalue weighted by atomic mass is 16.3. The van der Waals surface area contributed by atoms with Gasteiger partial charge >= 0.3 is 6.03 Å². The van der Waals surface area contributed by atoms with Gasteiger partial charge in [-0.3, -0.25) is 0 Å². The molecule has 1 rings (SSSR count). The second-order valence-corrected chi connectivity index (χ2v) is 6.99. The smallest absolute Gasteiger partial charge is 0.317 e. The van der Waals surface area contributed by atoms with Crippen LogP contribution in [-0.4, -0.2) is 42.3 Å². The first kappa shape index (κ1) is 18.5. The van der Waals surface area contributed by atoms with E-state index in [1.165, 1.54) is 11.1 Å². The lowest BCUT2D eigenvalue weighted by Crippen LogP contribution is -2.39. The van der Waals surface area contributed by atoms with Crippen molar-refractivity contribution in [2.75, 3.05) is 20.1 Å². The van der Waals surface area contributed by atoms with Crippen molar-refractivity contribution in [3.63, 3.8) is 0 Å². The third kappa shape index (κ3) is 6.48. The number of nitrogens with zero attached hydrogens (tertiary/aromatic N) is 1. The van der Waals surface area contributed by atoms with E-state index < -0.39 is 0 Å². The first-order valence-corrected chi connectivity index (χ1v) is 7.96. The summed E-state index contributed by atoms with van der Waals surface area (Å²) < 4.78 is 0. The molecule has 0 saturated carbocycles. The Morgan fingerprint density at radius 3 is 2.36 bits per heavy atom. The van der Waals surface area contributed by atoms with E-state index >= 15 is 0 Å². The van der Waals surface area contributed by atoms with Crippen LogP contribution < -0.4 is 5.32 Å². The van der Waals surface area contributed by atoms with Crippen LogP contribution in [0.1, 0.15) is 45.2 Å². The highest BCUT2D eigenvalue weighted by Gasteiger charge is 2.13. The fourth-order valence-electron chi connectivity index (χ4n) is 2.10. The van der Waals surface area contributed by atoms with E-state index in [9.17, 15) is 9.90 Å². The van der Waals surface area contributed by atoms with Crippen LogP contribution in [0.2, 0.25) is 0 Å². The van der Waals surface area contributed by atoms with Crippen LogP contribution in [-0.2, 0) is 11.8 Å². The van der Waals surface area contributed by atoms with Gasteiger partial charge in [0.25, 0.3) is 0 Å². The maximum absolute atomic E-state index is 11.9. The fraction of sp³-hybridized carbons (Fsp3) is 0.611. The Bertz CT molecular complexity index is 461. The number of amides is 2. The number of aliphatic hydroxyl groups is 1. The Morgan fingerprint density at radius 2 is 1.86 bits per heavy atom. The highest BCUT2D eigenvalue weighted by molar-refractivity contribution is 5.73. The summed E-state index contributed by atoms with van der Waals surface area (Å²) in [6.45, 7) is 9.51. The molecule has 2 amide bonds. The summed E-state index contributed by atoms with van der Waals surface area (Å²) in [6.07, 6.45) is 1.04. The van der Waals surface area contributed by atoms with Gasteiger partial charge in [-0.05, 0) is 36.3 Å². The molecule has 1 aromatic carbocycles. The Balaban J connectivity index is 2.36. The lowest BCUT2D eigenvalue weighted by molar-refractivity contribution is 0.163. The first-order chi connectivity index (χ1) is 10.2. The van der Waals surface area contributed by atoms with E-state index in [1.54, 1.807) is 18.9 Å². The summed E-state index contributed by atoms with van der Waals surface area (Å²) >= 11 is 0. The van der Waals surface area contributed by atoms with Gasteiger partial charge in [0.1, 0.15) is 0 Å². The molecule has 0 aliphatic heterocycles. The SMILES string of the molecule is CC(O)CCN(C)C(=O)NCCc1ccc(C(C)(C)C)cc1. The Labute approximate surface area is 134 Å². The number of aliphatic hydroxyl groups excluding tert-OH is 1. The number of nitrogens with one attached hydrogen (secondary N) is 1. The summed E-state index contributed by atoms with van der Waals surface area (Å²) in [5, 5.41) is 12.1. The van der Waals surface area contributed by atoms with Crippen LogP contribution in [0.4, 0.5) is 4.79 Å². The fourth-order valence-corrected chi connectivity index (χ4v) is 2.10. The zero-order chi connectivity index (χ0) is 16.8. The minimum atomic E-state index is -0.378. The molecule has 22 heavy (non-hydrogen) atoms. The number of hydrogen-bond acceptors (Lipinski definition) is 2. The van der Waals surface area contributed by atoms with Crippen LogP contribution in [0.3, 0.4) is 0 Å². The highest BCUT2D eigenvalue weighted by Crippen LogP contribution is 2.22. The molecule has 2 N–H and O–H groups in total. The molecule has 0 saturated heterocycles. The molecule has 1 aromatic rings. The molecule has 0 fully saturated rings. The molecule has 0 spiro atoms. The van der Waals surface area contributed by atoms with Crippen molar-refractivity contribution in [3.8, 4) is 0 Å². The van der Waals surface area contributed by atoms with Gasteiger partial charge in [0.2, 0.25) is 0 Å². The second-order valence-electron chi connectivity index (χ2n) is 6.99. The summed E-state index contributed by atoms with van der Waals surface area (Å²) in [7, 11) is 1.75. The van der Waals surface area contributed by atoms with Gasteiger partial charge in [0, 0.05) is 20.1 Å². The third-order valence-corrected chi connectivity index (χ3v) is 3.74. The number of hydrogen-bond donors (Lipinski definition) is 2. The molecule has 4 heteroatoms. The van der Waals surface area contributed by atoms with Crippen LogP contribution >= 0.6 is 0 Å². The molecular weight excluding hydrogens is 276 g/mol. The van der Waals surface area contributed by atoms with Crippen molar-refractivity contribution < 1.29 is 9.90 Å². The zero-order valence-corrected chi connectivity index (χ0v) is 14.5. The number of carbonyl (C=O) groups is 1. The summed E-state index contributed by atoms with van der Waals surface area (Å²) in [6, 6.07) is 8.48. The van der Waals surface area contributed by atoms with E-state index in [0.717, 1.165) is 6.42 Å². The van der Waals surface area contributed by atoms with Crippen molar-refractivity contribution in [2.45, 2.75) is 52.1 Å². The van der Waals surface area contributed by atoms with Crippen molar-refractivity contribution >= 4 is 6.03 Å². The monoisotopic (exact) mass is 306 g/mol. The van der Waals surface area contributed by atoms with E-state index in [1.807, 2.05) is 0 Å². The molecule has 4 nitrogen and oxygen atoms in total. The molecular formula is C18H30N2O2. The van der Waals surface area contributed by atoms with Crippen molar-refractivity contribution in [1.29, 1.82) is 0 Å². The summed E-state index contributed by atoms with van der Waals surface area (Å²) in [5.74, 6) is 0. The lowest BCUT2D eigenvalue weighted by Gasteiger charge is -2.20. The molecule has 0 bridgehead atoms. The first-order valence-electron chi connectivity index (χ1n) is 7.96. The van der Waals surface area contributed by atoms with Gasteiger partial charge in [-0.15, -0.1) is 0 Å². The molecule has 0 aliphatic carbocycles. The topological polar surface area (TPSA) is 52.6 Å². The van der Waals surface area contributed by atoms with Crippen molar-refractivity contribution in [3.05, 3.63) is 35.4 Å². The quantitative estimate of drug-likeness (QED) is 0.849. The maximum Gasteiger partial charge on any atom is 0.317 e. The van der Waals surface area contributed by atoms with Crippen molar-refractivity contribution in [1.82, 2.24) is 10.2 Å². The molecule has 1 atom stereocenters. The van der Waals surface area contributed by atoms with E-state index in [-0.39, 0.29) is 17.6 Å². The number of rotatable bonds is 6. The maximum atomic E-state index is 11.9. The van der Waals surface area contributed by atoms with Gasteiger partial charge in [0.05, 0.1) is 6.10 Å². The lowest BCUT2D eigenvalue weighted by atomic mass is 9.86. The second kappa shape index (κ2) is 8.18. The Hall–Kier alpha value is -1.55. The molecule has 0 heterocycles. The predicted octanol–water partition coefficient (Wildman–Crippen LogP) is 2.94. The van der Waals surface area contributed by atoms with Crippen LogP contribution in [0, 0.1) is 0 Å². The van der Waals surface area contributed by atoms with Gasteiger partial charge < -0.3 is 15.3 Å².